The molecule has 0 saturated heterocycles. The smallest absolute Gasteiger partial charge is 0.240 e. The van der Waals surface area contributed by atoms with Crippen molar-refractivity contribution in [3.05, 3.63) is 35.4 Å². The number of hydrogen-bond acceptors (Lipinski definition) is 3. The first-order valence-corrected chi connectivity index (χ1v) is 8.30. The number of amides is 1. The predicted molar refractivity (Wildman–Crippen MR) is 92.4 cm³/mol. The van der Waals surface area contributed by atoms with Gasteiger partial charge in [0.1, 0.15) is 0 Å². The normalized spacial score (nSPS) is 13.9. The second-order valence-corrected chi connectivity index (χ2v) is 6.13. The van der Waals surface area contributed by atoms with Crippen LogP contribution >= 0.6 is 0 Å². The maximum atomic E-state index is 12.1. The van der Waals surface area contributed by atoms with Crippen molar-refractivity contribution >= 4 is 5.91 Å². The van der Waals surface area contributed by atoms with Crippen molar-refractivity contribution in [3.8, 4) is 0 Å². The van der Waals surface area contributed by atoms with E-state index in [2.05, 4.69) is 48.3 Å². The Morgan fingerprint density at radius 2 is 1.68 bits per heavy atom. The maximum Gasteiger partial charge on any atom is 0.240 e. The van der Waals surface area contributed by atoms with Gasteiger partial charge in [0.05, 0.1) is 5.54 Å². The summed E-state index contributed by atoms with van der Waals surface area (Å²) < 4.78 is 0. The van der Waals surface area contributed by atoms with Gasteiger partial charge in [0, 0.05) is 13.1 Å². The largest absolute Gasteiger partial charge is 0.350 e. The zero-order chi connectivity index (χ0) is 16.6. The molecule has 0 bridgehead atoms. The van der Waals surface area contributed by atoms with E-state index < -0.39 is 5.54 Å². The van der Waals surface area contributed by atoms with Gasteiger partial charge in [-0.2, -0.15) is 0 Å². The lowest BCUT2D eigenvalue weighted by Crippen LogP contribution is -2.51. The zero-order valence-corrected chi connectivity index (χ0v) is 14.5. The lowest BCUT2D eigenvalue weighted by atomic mass is 9.96. The third-order valence-corrected chi connectivity index (χ3v) is 4.06. The number of nitrogens with zero attached hydrogens (tertiary/aromatic N) is 1. The molecule has 1 atom stereocenters. The second-order valence-electron chi connectivity index (χ2n) is 6.13. The summed E-state index contributed by atoms with van der Waals surface area (Å²) in [5.41, 5.74) is 7.65. The summed E-state index contributed by atoms with van der Waals surface area (Å²) in [6, 6.07) is 8.42. The third-order valence-electron chi connectivity index (χ3n) is 4.06. The Bertz CT molecular complexity index is 450. The SMILES string of the molecule is CCCC(C)(N)C(=O)NCc1ccc(CN(CC)CC)cc1. The molecule has 1 rings (SSSR count). The number of benzene rings is 1. The Morgan fingerprint density at radius 3 is 2.18 bits per heavy atom. The van der Waals surface area contributed by atoms with Crippen molar-refractivity contribution in [1.29, 1.82) is 0 Å². The van der Waals surface area contributed by atoms with Gasteiger partial charge in [-0.05, 0) is 37.6 Å². The Hall–Kier alpha value is -1.39. The zero-order valence-electron chi connectivity index (χ0n) is 14.5. The maximum absolute atomic E-state index is 12.1. The fourth-order valence-electron chi connectivity index (χ4n) is 2.49. The number of nitrogens with two attached hydrogens (primary N) is 1. The highest BCUT2D eigenvalue weighted by Crippen LogP contribution is 2.10. The van der Waals surface area contributed by atoms with Crippen molar-refractivity contribution in [2.45, 2.75) is 59.2 Å². The summed E-state index contributed by atoms with van der Waals surface area (Å²) in [5, 5.41) is 2.93. The molecule has 0 aliphatic rings. The molecule has 4 nitrogen and oxygen atoms in total. The van der Waals surface area contributed by atoms with Gasteiger partial charge in [0.15, 0.2) is 0 Å². The summed E-state index contributed by atoms with van der Waals surface area (Å²) in [6.07, 6.45) is 1.60. The van der Waals surface area contributed by atoms with Crippen LogP contribution in [0.15, 0.2) is 24.3 Å². The number of carbonyl (C=O) groups is 1. The molecule has 3 N–H and O–H groups in total. The molecular weight excluding hydrogens is 274 g/mol. The summed E-state index contributed by atoms with van der Waals surface area (Å²) >= 11 is 0. The van der Waals surface area contributed by atoms with Crippen LogP contribution in [0.3, 0.4) is 0 Å². The highest BCUT2D eigenvalue weighted by atomic mass is 16.2. The summed E-state index contributed by atoms with van der Waals surface area (Å²) in [5.74, 6) is -0.0819. The minimum Gasteiger partial charge on any atom is -0.350 e. The van der Waals surface area contributed by atoms with E-state index in [1.165, 1.54) is 5.56 Å². The van der Waals surface area contributed by atoms with Gasteiger partial charge in [-0.1, -0.05) is 51.5 Å². The molecule has 1 unspecified atom stereocenters. The van der Waals surface area contributed by atoms with Gasteiger partial charge in [-0.3, -0.25) is 9.69 Å². The average Bonchev–Trinajstić information content (AvgIpc) is 2.51. The lowest BCUT2D eigenvalue weighted by molar-refractivity contribution is -0.126. The van der Waals surface area contributed by atoms with Crippen LogP contribution in [0, 0.1) is 0 Å². The molecule has 0 aliphatic heterocycles. The molecule has 1 aromatic carbocycles. The van der Waals surface area contributed by atoms with E-state index in [0.29, 0.717) is 13.0 Å². The molecule has 4 heteroatoms. The predicted octanol–water partition coefficient (Wildman–Crippen LogP) is 2.66. The molecule has 0 fully saturated rings. The molecular formula is C18H31N3O. The van der Waals surface area contributed by atoms with Crippen molar-refractivity contribution in [3.63, 3.8) is 0 Å². The topological polar surface area (TPSA) is 58.4 Å². The standard InChI is InChI=1S/C18H31N3O/c1-5-12-18(4,19)17(22)20-13-15-8-10-16(11-9-15)14-21(6-2)7-3/h8-11H,5-7,12-14,19H2,1-4H3,(H,20,22). The number of nitrogens with one attached hydrogen (secondary N) is 1. The molecule has 0 heterocycles. The van der Waals surface area contributed by atoms with Crippen molar-refractivity contribution in [1.82, 2.24) is 10.2 Å². The van der Waals surface area contributed by atoms with E-state index in [1.807, 2.05) is 6.92 Å². The fourth-order valence-corrected chi connectivity index (χ4v) is 2.49. The van der Waals surface area contributed by atoms with E-state index >= 15 is 0 Å². The monoisotopic (exact) mass is 305 g/mol. The molecule has 0 spiro atoms. The van der Waals surface area contributed by atoms with Crippen LogP contribution in [-0.4, -0.2) is 29.4 Å². The first-order chi connectivity index (χ1) is 10.4. The summed E-state index contributed by atoms with van der Waals surface area (Å²) in [7, 11) is 0. The minimum atomic E-state index is -0.780. The van der Waals surface area contributed by atoms with Gasteiger partial charge in [0.25, 0.3) is 0 Å². The number of hydrogen-bond donors (Lipinski definition) is 2. The molecule has 0 aliphatic carbocycles. The van der Waals surface area contributed by atoms with E-state index in [0.717, 1.165) is 31.6 Å². The Kier molecular flexibility index (Phi) is 7.56. The molecule has 22 heavy (non-hydrogen) atoms. The molecule has 0 radical (unpaired) electrons. The quantitative estimate of drug-likeness (QED) is 0.737. The minimum absolute atomic E-state index is 0.0819. The van der Waals surface area contributed by atoms with Gasteiger partial charge < -0.3 is 11.1 Å². The molecule has 0 saturated carbocycles. The first kappa shape index (κ1) is 18.7. The van der Waals surface area contributed by atoms with Crippen molar-refractivity contribution in [2.75, 3.05) is 13.1 Å². The number of rotatable bonds is 9. The molecule has 1 amide bonds. The molecule has 1 aromatic rings. The van der Waals surface area contributed by atoms with Crippen LogP contribution < -0.4 is 11.1 Å². The van der Waals surface area contributed by atoms with Gasteiger partial charge >= 0.3 is 0 Å². The van der Waals surface area contributed by atoms with Crippen LogP contribution in [-0.2, 0) is 17.9 Å². The van der Waals surface area contributed by atoms with E-state index in [9.17, 15) is 4.79 Å². The van der Waals surface area contributed by atoms with E-state index in [1.54, 1.807) is 6.92 Å². The van der Waals surface area contributed by atoms with Gasteiger partial charge in [0.2, 0.25) is 5.91 Å². The van der Waals surface area contributed by atoms with Crippen LogP contribution in [0.5, 0.6) is 0 Å². The summed E-state index contributed by atoms with van der Waals surface area (Å²) in [4.78, 5) is 14.5. The van der Waals surface area contributed by atoms with E-state index in [4.69, 9.17) is 5.73 Å². The second kappa shape index (κ2) is 8.91. The van der Waals surface area contributed by atoms with Crippen molar-refractivity contribution in [2.24, 2.45) is 5.73 Å². The molecule has 0 aromatic heterocycles. The Balaban J connectivity index is 2.53. The van der Waals surface area contributed by atoms with Crippen LogP contribution in [0.2, 0.25) is 0 Å². The molecule has 124 valence electrons. The number of carbonyl (C=O) groups excluding carboxylic acids is 1. The Morgan fingerprint density at radius 1 is 1.14 bits per heavy atom. The van der Waals surface area contributed by atoms with Crippen LogP contribution in [0.25, 0.3) is 0 Å². The fraction of sp³-hybridized carbons (Fsp3) is 0.611. The lowest BCUT2D eigenvalue weighted by Gasteiger charge is -2.23. The third kappa shape index (κ3) is 5.78. The van der Waals surface area contributed by atoms with Crippen molar-refractivity contribution < 1.29 is 4.79 Å². The average molecular weight is 305 g/mol. The Labute approximate surface area is 135 Å². The van der Waals surface area contributed by atoms with Gasteiger partial charge in [-0.15, -0.1) is 0 Å². The first-order valence-electron chi connectivity index (χ1n) is 8.30. The highest BCUT2D eigenvalue weighted by molar-refractivity contribution is 5.85. The summed E-state index contributed by atoms with van der Waals surface area (Å²) in [6.45, 7) is 11.8. The van der Waals surface area contributed by atoms with Gasteiger partial charge in [-0.25, -0.2) is 0 Å². The highest BCUT2D eigenvalue weighted by Gasteiger charge is 2.26. The van der Waals surface area contributed by atoms with E-state index in [-0.39, 0.29) is 5.91 Å². The van der Waals surface area contributed by atoms with Crippen LogP contribution in [0.1, 0.15) is 51.7 Å². The van der Waals surface area contributed by atoms with Crippen LogP contribution in [0.4, 0.5) is 0 Å².